The van der Waals surface area contributed by atoms with Gasteiger partial charge in [-0.15, -0.1) is 0 Å². The maximum Gasteiger partial charge on any atom is 0.315 e. The van der Waals surface area contributed by atoms with Crippen molar-refractivity contribution in [2.45, 2.75) is 6.92 Å². The number of aldehydes is 1. The molecule has 0 aliphatic carbocycles. The number of nitrogens with zero attached hydrogens (tertiary/aromatic N) is 1. The molecular formula is C10H11NO5. The van der Waals surface area contributed by atoms with Crippen LogP contribution in [0.1, 0.15) is 17.3 Å². The number of carbonyl (C=O) groups is 1. The Kier molecular flexibility index (Phi) is 3.82. The van der Waals surface area contributed by atoms with Gasteiger partial charge in [-0.05, 0) is 13.0 Å². The Balaban J connectivity index is 3.39. The zero-order valence-electron chi connectivity index (χ0n) is 8.93. The van der Waals surface area contributed by atoms with Gasteiger partial charge in [0.15, 0.2) is 5.75 Å². The predicted octanol–water partition coefficient (Wildman–Crippen LogP) is 1.81. The largest absolute Gasteiger partial charge is 0.490 e. The van der Waals surface area contributed by atoms with Crippen LogP contribution in [0.3, 0.4) is 0 Å². The molecule has 1 aromatic carbocycles. The van der Waals surface area contributed by atoms with Crippen molar-refractivity contribution in [1.29, 1.82) is 0 Å². The summed E-state index contributed by atoms with van der Waals surface area (Å²) in [7, 11) is 1.31. The Morgan fingerprint density at radius 3 is 2.62 bits per heavy atom. The molecule has 0 unspecified atom stereocenters. The molecule has 0 N–H and O–H groups in total. The first-order chi connectivity index (χ1) is 7.63. The molecule has 0 heterocycles. The van der Waals surface area contributed by atoms with Gasteiger partial charge in [0.25, 0.3) is 0 Å². The highest BCUT2D eigenvalue weighted by Crippen LogP contribution is 2.37. The number of benzene rings is 1. The highest BCUT2D eigenvalue weighted by Gasteiger charge is 2.21. The van der Waals surface area contributed by atoms with E-state index < -0.39 is 4.92 Å². The number of methoxy groups -OCH3 is 1. The second kappa shape index (κ2) is 5.11. The number of hydrogen-bond donors (Lipinski definition) is 0. The fourth-order valence-electron chi connectivity index (χ4n) is 1.28. The number of ether oxygens (including phenoxy) is 2. The van der Waals surface area contributed by atoms with Gasteiger partial charge in [-0.1, -0.05) is 0 Å². The van der Waals surface area contributed by atoms with E-state index in [2.05, 4.69) is 0 Å². The predicted molar refractivity (Wildman–Crippen MR) is 56.2 cm³/mol. The summed E-state index contributed by atoms with van der Waals surface area (Å²) in [6, 6.07) is 2.55. The van der Waals surface area contributed by atoms with Crippen molar-refractivity contribution >= 4 is 12.0 Å². The molecule has 16 heavy (non-hydrogen) atoms. The lowest BCUT2D eigenvalue weighted by molar-refractivity contribution is -0.385. The zero-order chi connectivity index (χ0) is 12.1. The molecule has 0 bridgehead atoms. The summed E-state index contributed by atoms with van der Waals surface area (Å²) in [5.41, 5.74) is -0.105. The van der Waals surface area contributed by atoms with Crippen molar-refractivity contribution in [1.82, 2.24) is 0 Å². The van der Waals surface area contributed by atoms with E-state index in [4.69, 9.17) is 9.47 Å². The van der Waals surface area contributed by atoms with Crippen molar-refractivity contribution in [3.05, 3.63) is 27.8 Å². The summed E-state index contributed by atoms with van der Waals surface area (Å²) in [6.45, 7) is 2.06. The van der Waals surface area contributed by atoms with E-state index >= 15 is 0 Å². The minimum atomic E-state index is -0.617. The Morgan fingerprint density at radius 2 is 2.19 bits per heavy atom. The lowest BCUT2D eigenvalue weighted by Crippen LogP contribution is -2.00. The summed E-state index contributed by atoms with van der Waals surface area (Å²) in [5.74, 6) is 0.221. The van der Waals surface area contributed by atoms with E-state index in [1.165, 1.54) is 13.2 Å². The molecule has 0 spiro atoms. The van der Waals surface area contributed by atoms with Gasteiger partial charge in [0.1, 0.15) is 6.29 Å². The molecular weight excluding hydrogens is 214 g/mol. The molecule has 86 valence electrons. The van der Waals surface area contributed by atoms with Crippen molar-refractivity contribution in [2.24, 2.45) is 0 Å². The molecule has 0 radical (unpaired) electrons. The topological polar surface area (TPSA) is 78.7 Å². The highest BCUT2D eigenvalue weighted by molar-refractivity contribution is 5.79. The van der Waals surface area contributed by atoms with Crippen LogP contribution in [0.5, 0.6) is 11.5 Å². The summed E-state index contributed by atoms with van der Waals surface area (Å²) >= 11 is 0. The minimum Gasteiger partial charge on any atom is -0.490 e. The van der Waals surface area contributed by atoms with Gasteiger partial charge in [-0.3, -0.25) is 14.9 Å². The van der Waals surface area contributed by atoms with E-state index in [9.17, 15) is 14.9 Å². The Bertz CT molecular complexity index is 416. The smallest absolute Gasteiger partial charge is 0.315 e. The average molecular weight is 225 g/mol. The van der Waals surface area contributed by atoms with Crippen LogP contribution >= 0.6 is 0 Å². The van der Waals surface area contributed by atoms with E-state index in [1.807, 2.05) is 0 Å². The van der Waals surface area contributed by atoms with Crippen LogP contribution in [0.25, 0.3) is 0 Å². The molecule has 1 aromatic rings. The van der Waals surface area contributed by atoms with Gasteiger partial charge in [-0.2, -0.15) is 0 Å². The first-order valence-corrected chi connectivity index (χ1v) is 4.58. The SMILES string of the molecule is CCOc1cc(C=O)cc([N+](=O)[O-])c1OC. The van der Waals surface area contributed by atoms with Crippen LogP contribution in [0.2, 0.25) is 0 Å². The number of carbonyl (C=O) groups excluding carboxylic acids is 1. The molecule has 1 rings (SSSR count). The summed E-state index contributed by atoms with van der Waals surface area (Å²) in [5, 5.41) is 10.8. The quantitative estimate of drug-likeness (QED) is 0.433. The van der Waals surface area contributed by atoms with Crippen LogP contribution in [0, 0.1) is 10.1 Å². The number of nitro benzene ring substituents is 1. The molecule has 0 saturated heterocycles. The van der Waals surface area contributed by atoms with Crippen LogP contribution in [0.4, 0.5) is 5.69 Å². The molecule has 6 heteroatoms. The minimum absolute atomic E-state index is 0.0254. The first-order valence-electron chi connectivity index (χ1n) is 4.58. The molecule has 0 amide bonds. The Morgan fingerprint density at radius 1 is 1.50 bits per heavy atom. The molecule has 0 aliphatic heterocycles. The zero-order valence-corrected chi connectivity index (χ0v) is 8.93. The average Bonchev–Trinajstić information content (AvgIpc) is 2.28. The van der Waals surface area contributed by atoms with Gasteiger partial charge in [0.2, 0.25) is 5.75 Å². The van der Waals surface area contributed by atoms with E-state index in [1.54, 1.807) is 6.92 Å². The second-order valence-electron chi connectivity index (χ2n) is 2.88. The molecule has 0 fully saturated rings. The Labute approximate surface area is 91.9 Å². The lowest BCUT2D eigenvalue weighted by Gasteiger charge is -2.09. The van der Waals surface area contributed by atoms with E-state index in [-0.39, 0.29) is 22.7 Å². The number of rotatable bonds is 5. The lowest BCUT2D eigenvalue weighted by atomic mass is 10.2. The number of nitro groups is 1. The van der Waals surface area contributed by atoms with Crippen molar-refractivity contribution in [2.75, 3.05) is 13.7 Å². The van der Waals surface area contributed by atoms with Gasteiger partial charge in [0, 0.05) is 11.6 Å². The van der Waals surface area contributed by atoms with E-state index in [0.717, 1.165) is 6.07 Å². The van der Waals surface area contributed by atoms with Crippen LogP contribution in [0.15, 0.2) is 12.1 Å². The highest BCUT2D eigenvalue weighted by atomic mass is 16.6. The second-order valence-corrected chi connectivity index (χ2v) is 2.88. The maximum absolute atomic E-state index is 10.8. The molecule has 0 atom stereocenters. The third-order valence-electron chi connectivity index (χ3n) is 1.89. The van der Waals surface area contributed by atoms with Gasteiger partial charge in [0.05, 0.1) is 18.6 Å². The normalized spacial score (nSPS) is 9.62. The number of hydrogen-bond acceptors (Lipinski definition) is 5. The molecule has 6 nitrogen and oxygen atoms in total. The summed E-state index contributed by atoms with van der Waals surface area (Å²) in [6.07, 6.45) is 0.523. The monoisotopic (exact) mass is 225 g/mol. The van der Waals surface area contributed by atoms with Crippen molar-refractivity contribution in [3.63, 3.8) is 0 Å². The summed E-state index contributed by atoms with van der Waals surface area (Å²) < 4.78 is 10.1. The summed E-state index contributed by atoms with van der Waals surface area (Å²) in [4.78, 5) is 20.8. The van der Waals surface area contributed by atoms with Crippen molar-refractivity contribution in [3.8, 4) is 11.5 Å². The van der Waals surface area contributed by atoms with Crippen LogP contribution < -0.4 is 9.47 Å². The maximum atomic E-state index is 10.8. The van der Waals surface area contributed by atoms with Gasteiger partial charge < -0.3 is 9.47 Å². The van der Waals surface area contributed by atoms with Crippen LogP contribution in [-0.4, -0.2) is 24.9 Å². The fourth-order valence-corrected chi connectivity index (χ4v) is 1.28. The van der Waals surface area contributed by atoms with Gasteiger partial charge >= 0.3 is 5.69 Å². The first kappa shape index (κ1) is 12.0. The third-order valence-corrected chi connectivity index (χ3v) is 1.89. The van der Waals surface area contributed by atoms with Crippen molar-refractivity contribution < 1.29 is 19.2 Å². The van der Waals surface area contributed by atoms with Gasteiger partial charge in [-0.25, -0.2) is 0 Å². The van der Waals surface area contributed by atoms with E-state index in [0.29, 0.717) is 12.9 Å². The fraction of sp³-hybridized carbons (Fsp3) is 0.300. The standard InChI is InChI=1S/C10H11NO5/c1-3-16-9-5-7(6-12)4-8(11(13)14)10(9)15-2/h4-6H,3H2,1-2H3. The van der Waals surface area contributed by atoms with Crippen LogP contribution in [-0.2, 0) is 0 Å². The third kappa shape index (κ3) is 2.28. The Hall–Kier alpha value is -2.11. The molecule has 0 aromatic heterocycles. The molecule has 0 saturated carbocycles. The molecule has 0 aliphatic rings.